The number of halogens is 1. The van der Waals surface area contributed by atoms with Gasteiger partial charge in [0.1, 0.15) is 5.60 Å². The lowest BCUT2D eigenvalue weighted by atomic mass is 9.90. The SMILES string of the molecule is CC(Nc1ccc(Br)cc1)C1CCN(C(=O)OC(C)(C)C)CC1. The van der Waals surface area contributed by atoms with Crippen molar-refractivity contribution in [3.05, 3.63) is 28.7 Å². The minimum atomic E-state index is -0.426. The van der Waals surface area contributed by atoms with Gasteiger partial charge in [0.2, 0.25) is 0 Å². The van der Waals surface area contributed by atoms with E-state index < -0.39 is 5.60 Å². The summed E-state index contributed by atoms with van der Waals surface area (Å²) in [5, 5.41) is 3.57. The summed E-state index contributed by atoms with van der Waals surface area (Å²) in [4.78, 5) is 13.9. The van der Waals surface area contributed by atoms with E-state index in [1.165, 1.54) is 0 Å². The quantitative estimate of drug-likeness (QED) is 0.808. The van der Waals surface area contributed by atoms with Crippen LogP contribution in [0, 0.1) is 5.92 Å². The number of piperidine rings is 1. The lowest BCUT2D eigenvalue weighted by molar-refractivity contribution is 0.0179. The van der Waals surface area contributed by atoms with Crippen LogP contribution in [0.5, 0.6) is 0 Å². The van der Waals surface area contributed by atoms with Gasteiger partial charge in [-0.3, -0.25) is 0 Å². The number of hydrogen-bond acceptors (Lipinski definition) is 3. The summed E-state index contributed by atoms with van der Waals surface area (Å²) in [6.45, 7) is 9.47. The fourth-order valence-corrected chi connectivity index (χ4v) is 3.10. The molecule has 1 atom stereocenters. The molecule has 1 unspecified atom stereocenters. The van der Waals surface area contributed by atoms with E-state index in [-0.39, 0.29) is 6.09 Å². The molecule has 1 heterocycles. The fourth-order valence-electron chi connectivity index (χ4n) is 2.84. The molecule has 0 radical (unpaired) electrons. The van der Waals surface area contributed by atoms with Crippen LogP contribution in [0.3, 0.4) is 0 Å². The number of hydrogen-bond donors (Lipinski definition) is 1. The molecule has 2 rings (SSSR count). The van der Waals surface area contributed by atoms with Crippen LogP contribution < -0.4 is 5.32 Å². The average molecular weight is 383 g/mol. The lowest BCUT2D eigenvalue weighted by Gasteiger charge is -2.36. The summed E-state index contributed by atoms with van der Waals surface area (Å²) in [6.07, 6.45) is 1.82. The van der Waals surface area contributed by atoms with Crippen LogP contribution in [0.15, 0.2) is 28.7 Å². The Kier molecular flexibility index (Phi) is 5.95. The van der Waals surface area contributed by atoms with E-state index in [0.29, 0.717) is 12.0 Å². The maximum absolute atomic E-state index is 12.1. The van der Waals surface area contributed by atoms with Gasteiger partial charge >= 0.3 is 6.09 Å². The predicted octanol–water partition coefficient (Wildman–Crippen LogP) is 4.90. The second kappa shape index (κ2) is 7.56. The molecule has 0 aromatic heterocycles. The van der Waals surface area contributed by atoms with Gasteiger partial charge in [-0.2, -0.15) is 0 Å². The molecule has 1 saturated heterocycles. The van der Waals surface area contributed by atoms with Crippen LogP contribution in [0.25, 0.3) is 0 Å². The molecule has 128 valence electrons. The Morgan fingerprint density at radius 2 is 1.83 bits per heavy atom. The Morgan fingerprint density at radius 3 is 2.35 bits per heavy atom. The topological polar surface area (TPSA) is 41.6 Å². The van der Waals surface area contributed by atoms with Gasteiger partial charge in [0, 0.05) is 29.3 Å². The summed E-state index contributed by atoms with van der Waals surface area (Å²) in [7, 11) is 0. The fraction of sp³-hybridized carbons (Fsp3) is 0.611. The van der Waals surface area contributed by atoms with Crippen molar-refractivity contribution in [2.75, 3.05) is 18.4 Å². The summed E-state index contributed by atoms with van der Waals surface area (Å²) in [6, 6.07) is 8.63. The molecule has 23 heavy (non-hydrogen) atoms. The molecule has 4 nitrogen and oxygen atoms in total. The molecule has 5 heteroatoms. The Labute approximate surface area is 147 Å². The van der Waals surface area contributed by atoms with Crippen molar-refractivity contribution >= 4 is 27.7 Å². The summed E-state index contributed by atoms with van der Waals surface area (Å²) in [5.41, 5.74) is 0.708. The summed E-state index contributed by atoms with van der Waals surface area (Å²) < 4.78 is 6.53. The highest BCUT2D eigenvalue weighted by molar-refractivity contribution is 9.10. The van der Waals surface area contributed by atoms with Gasteiger partial charge in [0.15, 0.2) is 0 Å². The van der Waals surface area contributed by atoms with Gasteiger partial charge < -0.3 is 15.0 Å². The minimum Gasteiger partial charge on any atom is -0.444 e. The number of nitrogens with zero attached hydrogens (tertiary/aromatic N) is 1. The number of ether oxygens (including phenoxy) is 1. The Bertz CT molecular complexity index is 517. The third kappa shape index (κ3) is 5.72. The molecule has 1 aliphatic rings. The van der Waals surface area contributed by atoms with Crippen LogP contribution in [0.4, 0.5) is 10.5 Å². The smallest absolute Gasteiger partial charge is 0.410 e. The van der Waals surface area contributed by atoms with E-state index in [2.05, 4.69) is 40.3 Å². The van der Waals surface area contributed by atoms with Gasteiger partial charge in [0.05, 0.1) is 0 Å². The highest BCUT2D eigenvalue weighted by Gasteiger charge is 2.29. The third-order valence-electron chi connectivity index (χ3n) is 4.14. The Morgan fingerprint density at radius 1 is 1.26 bits per heavy atom. The normalized spacial score (nSPS) is 17.7. The molecule has 1 aliphatic heterocycles. The van der Waals surface area contributed by atoms with Crippen LogP contribution in [0.2, 0.25) is 0 Å². The van der Waals surface area contributed by atoms with Crippen LogP contribution in [-0.4, -0.2) is 35.7 Å². The first-order valence-electron chi connectivity index (χ1n) is 8.24. The molecule has 0 bridgehead atoms. The molecule has 0 saturated carbocycles. The molecule has 0 spiro atoms. The van der Waals surface area contributed by atoms with E-state index >= 15 is 0 Å². The first-order chi connectivity index (χ1) is 10.7. The van der Waals surface area contributed by atoms with Gasteiger partial charge in [-0.1, -0.05) is 15.9 Å². The third-order valence-corrected chi connectivity index (χ3v) is 4.67. The van der Waals surface area contributed by atoms with E-state index in [4.69, 9.17) is 4.74 Å². The van der Waals surface area contributed by atoms with Gasteiger partial charge in [-0.05, 0) is 70.7 Å². The number of benzene rings is 1. The molecular formula is C18H27BrN2O2. The molecule has 0 aliphatic carbocycles. The molecule has 1 aromatic rings. The summed E-state index contributed by atoms with van der Waals surface area (Å²) in [5.74, 6) is 0.567. The van der Waals surface area contributed by atoms with Crippen LogP contribution in [0.1, 0.15) is 40.5 Å². The highest BCUT2D eigenvalue weighted by Crippen LogP contribution is 2.25. The Balaban J connectivity index is 1.81. The maximum atomic E-state index is 12.1. The van der Waals surface area contributed by atoms with E-state index in [9.17, 15) is 4.79 Å². The minimum absolute atomic E-state index is 0.190. The van der Waals surface area contributed by atoms with E-state index in [0.717, 1.165) is 36.1 Å². The molecule has 1 aromatic carbocycles. The number of likely N-dealkylation sites (tertiary alicyclic amines) is 1. The molecule has 1 N–H and O–H groups in total. The molecule has 1 amide bonds. The monoisotopic (exact) mass is 382 g/mol. The zero-order valence-electron chi connectivity index (χ0n) is 14.4. The lowest BCUT2D eigenvalue weighted by Crippen LogP contribution is -2.44. The highest BCUT2D eigenvalue weighted by atomic mass is 79.9. The predicted molar refractivity (Wildman–Crippen MR) is 97.8 cm³/mol. The summed E-state index contributed by atoms with van der Waals surface area (Å²) >= 11 is 3.45. The number of carbonyl (C=O) groups is 1. The van der Waals surface area contributed by atoms with Crippen molar-refractivity contribution in [2.24, 2.45) is 5.92 Å². The Hall–Kier alpha value is -1.23. The van der Waals surface area contributed by atoms with Crippen molar-refractivity contribution in [2.45, 2.75) is 52.2 Å². The average Bonchev–Trinajstić information content (AvgIpc) is 2.48. The first kappa shape index (κ1) is 18.1. The van der Waals surface area contributed by atoms with Crippen LogP contribution >= 0.6 is 15.9 Å². The van der Waals surface area contributed by atoms with Gasteiger partial charge in [0.25, 0.3) is 0 Å². The van der Waals surface area contributed by atoms with Gasteiger partial charge in [-0.15, -0.1) is 0 Å². The first-order valence-corrected chi connectivity index (χ1v) is 9.04. The molecular weight excluding hydrogens is 356 g/mol. The van der Waals surface area contributed by atoms with Crippen molar-refractivity contribution in [3.8, 4) is 0 Å². The number of amides is 1. The number of nitrogens with one attached hydrogen (secondary N) is 1. The largest absolute Gasteiger partial charge is 0.444 e. The van der Waals surface area contributed by atoms with Crippen molar-refractivity contribution in [3.63, 3.8) is 0 Å². The number of carbonyl (C=O) groups excluding carboxylic acids is 1. The van der Waals surface area contributed by atoms with Crippen LogP contribution in [-0.2, 0) is 4.74 Å². The molecule has 1 fully saturated rings. The maximum Gasteiger partial charge on any atom is 0.410 e. The second-order valence-electron chi connectivity index (χ2n) is 7.24. The van der Waals surface area contributed by atoms with Crippen molar-refractivity contribution in [1.29, 1.82) is 0 Å². The van der Waals surface area contributed by atoms with Crippen molar-refractivity contribution in [1.82, 2.24) is 4.90 Å². The standard InChI is InChI=1S/C18H27BrN2O2/c1-13(20-16-7-5-15(19)6-8-16)14-9-11-21(12-10-14)17(22)23-18(2,3)4/h5-8,13-14,20H,9-12H2,1-4H3. The number of rotatable bonds is 3. The zero-order chi connectivity index (χ0) is 17.0. The number of anilines is 1. The van der Waals surface area contributed by atoms with E-state index in [1.807, 2.05) is 37.8 Å². The van der Waals surface area contributed by atoms with Crippen molar-refractivity contribution < 1.29 is 9.53 Å². The van der Waals surface area contributed by atoms with Gasteiger partial charge in [-0.25, -0.2) is 4.79 Å². The van der Waals surface area contributed by atoms with E-state index in [1.54, 1.807) is 0 Å². The zero-order valence-corrected chi connectivity index (χ0v) is 16.0. The second-order valence-corrected chi connectivity index (χ2v) is 8.16.